The lowest BCUT2D eigenvalue weighted by molar-refractivity contribution is 0.105. The fourth-order valence-electron chi connectivity index (χ4n) is 2.73. The second kappa shape index (κ2) is 8.88. The van der Waals surface area contributed by atoms with Crippen LogP contribution in [0.15, 0.2) is 48.5 Å². The van der Waals surface area contributed by atoms with Crippen molar-refractivity contribution in [1.82, 2.24) is 5.32 Å². The molecule has 26 heavy (non-hydrogen) atoms. The minimum Gasteiger partial charge on any atom is -0.457 e. The molecule has 0 saturated carbocycles. The zero-order chi connectivity index (χ0) is 18.2. The van der Waals surface area contributed by atoms with Crippen molar-refractivity contribution in [2.75, 3.05) is 18.5 Å². The highest BCUT2D eigenvalue weighted by atomic mass is 16.5. The molecule has 1 saturated heterocycles. The lowest BCUT2D eigenvalue weighted by atomic mass is 10.2. The average molecular weight is 351 g/mol. The number of anilines is 1. The number of carbonyl (C=O) groups excluding carboxylic acids is 1. The maximum absolute atomic E-state index is 11.9. The van der Waals surface area contributed by atoms with E-state index in [2.05, 4.69) is 16.7 Å². The summed E-state index contributed by atoms with van der Waals surface area (Å²) in [6.07, 6.45) is 3.29. The van der Waals surface area contributed by atoms with Gasteiger partial charge in [-0.15, -0.1) is 0 Å². The Morgan fingerprint density at radius 2 is 1.85 bits per heavy atom. The summed E-state index contributed by atoms with van der Waals surface area (Å²) >= 11 is 0. The number of nitriles is 1. The molecule has 3 rings (SSSR count). The van der Waals surface area contributed by atoms with Gasteiger partial charge in [-0.2, -0.15) is 5.26 Å². The minimum absolute atomic E-state index is 0.233. The molecule has 2 N–H and O–H groups in total. The van der Waals surface area contributed by atoms with Crippen LogP contribution in [0, 0.1) is 11.3 Å². The summed E-state index contributed by atoms with van der Waals surface area (Å²) in [6.45, 7) is 1.42. The molecule has 0 bridgehead atoms. The van der Waals surface area contributed by atoms with Gasteiger partial charge < -0.3 is 20.1 Å². The van der Waals surface area contributed by atoms with Crippen LogP contribution in [0.2, 0.25) is 0 Å². The molecule has 1 unspecified atom stereocenters. The van der Waals surface area contributed by atoms with Gasteiger partial charge in [0.25, 0.3) is 0 Å². The summed E-state index contributed by atoms with van der Waals surface area (Å²) in [5.41, 5.74) is 1.27. The summed E-state index contributed by atoms with van der Waals surface area (Å²) in [5, 5.41) is 14.4. The first kappa shape index (κ1) is 17.8. The van der Waals surface area contributed by atoms with E-state index in [1.165, 1.54) is 0 Å². The fraction of sp³-hybridized carbons (Fsp3) is 0.300. The van der Waals surface area contributed by atoms with Crippen LogP contribution in [0.5, 0.6) is 11.5 Å². The van der Waals surface area contributed by atoms with E-state index in [1.807, 2.05) is 0 Å². The lowest BCUT2D eigenvalue weighted by Crippen LogP contribution is -2.31. The van der Waals surface area contributed by atoms with Crippen molar-refractivity contribution in [3.8, 4) is 17.6 Å². The predicted molar refractivity (Wildman–Crippen MR) is 98.3 cm³/mol. The zero-order valence-electron chi connectivity index (χ0n) is 14.4. The van der Waals surface area contributed by atoms with Crippen LogP contribution in [-0.4, -0.2) is 25.3 Å². The SMILES string of the molecule is N#Cc1ccc(Oc2ccc(NC(=O)NCCC3CCCO3)cc2)cc1. The molecule has 0 aliphatic carbocycles. The van der Waals surface area contributed by atoms with E-state index in [4.69, 9.17) is 14.7 Å². The number of carbonyl (C=O) groups is 1. The second-order valence-corrected chi connectivity index (χ2v) is 6.07. The van der Waals surface area contributed by atoms with Crippen LogP contribution in [0.25, 0.3) is 0 Å². The van der Waals surface area contributed by atoms with Gasteiger partial charge in [-0.25, -0.2) is 4.79 Å². The van der Waals surface area contributed by atoms with Gasteiger partial charge in [0, 0.05) is 18.8 Å². The van der Waals surface area contributed by atoms with Gasteiger partial charge in [-0.05, 0) is 67.8 Å². The number of hydrogen-bond donors (Lipinski definition) is 2. The van der Waals surface area contributed by atoms with Crippen molar-refractivity contribution in [2.45, 2.75) is 25.4 Å². The molecule has 6 heteroatoms. The van der Waals surface area contributed by atoms with E-state index in [0.29, 0.717) is 29.3 Å². The largest absolute Gasteiger partial charge is 0.457 e. The molecule has 1 aliphatic rings. The number of hydrogen-bond acceptors (Lipinski definition) is 4. The number of benzene rings is 2. The predicted octanol–water partition coefficient (Wildman–Crippen LogP) is 4.04. The first-order valence-electron chi connectivity index (χ1n) is 8.67. The van der Waals surface area contributed by atoms with Gasteiger partial charge >= 0.3 is 6.03 Å². The summed E-state index contributed by atoms with van der Waals surface area (Å²) < 4.78 is 11.2. The number of nitrogens with one attached hydrogen (secondary N) is 2. The van der Waals surface area contributed by atoms with Gasteiger partial charge in [0.2, 0.25) is 0 Å². The molecule has 1 heterocycles. The Morgan fingerprint density at radius 1 is 1.15 bits per heavy atom. The summed E-state index contributed by atoms with van der Waals surface area (Å²) in [6, 6.07) is 15.8. The third kappa shape index (κ3) is 5.23. The molecule has 0 spiro atoms. The highest BCUT2D eigenvalue weighted by molar-refractivity contribution is 5.89. The zero-order valence-corrected chi connectivity index (χ0v) is 14.4. The Bertz CT molecular complexity index is 760. The molecular weight excluding hydrogens is 330 g/mol. The van der Waals surface area contributed by atoms with Crippen LogP contribution in [0.1, 0.15) is 24.8 Å². The highest BCUT2D eigenvalue weighted by Crippen LogP contribution is 2.23. The quantitative estimate of drug-likeness (QED) is 0.823. The summed E-state index contributed by atoms with van der Waals surface area (Å²) in [4.78, 5) is 11.9. The van der Waals surface area contributed by atoms with E-state index in [9.17, 15) is 4.79 Å². The molecule has 1 fully saturated rings. The Kier molecular flexibility index (Phi) is 6.07. The third-order valence-corrected chi connectivity index (χ3v) is 4.11. The smallest absolute Gasteiger partial charge is 0.319 e. The molecule has 2 aromatic rings. The van der Waals surface area contributed by atoms with E-state index in [0.717, 1.165) is 25.9 Å². The monoisotopic (exact) mass is 351 g/mol. The number of urea groups is 1. The molecule has 0 radical (unpaired) electrons. The molecule has 6 nitrogen and oxygen atoms in total. The van der Waals surface area contributed by atoms with Gasteiger partial charge in [-0.1, -0.05) is 0 Å². The van der Waals surface area contributed by atoms with Crippen molar-refractivity contribution in [1.29, 1.82) is 5.26 Å². The fourth-order valence-corrected chi connectivity index (χ4v) is 2.73. The van der Waals surface area contributed by atoms with Gasteiger partial charge in [0.1, 0.15) is 11.5 Å². The third-order valence-electron chi connectivity index (χ3n) is 4.11. The Labute approximate surface area is 152 Å². The van der Waals surface area contributed by atoms with Crippen LogP contribution in [-0.2, 0) is 4.74 Å². The van der Waals surface area contributed by atoms with Crippen LogP contribution in [0.4, 0.5) is 10.5 Å². The average Bonchev–Trinajstić information content (AvgIpc) is 3.17. The van der Waals surface area contributed by atoms with Crippen molar-refractivity contribution in [3.05, 3.63) is 54.1 Å². The standard InChI is InChI=1S/C20H21N3O3/c21-14-15-3-7-18(8-4-15)26-19-9-5-16(6-10-19)23-20(24)22-12-11-17-2-1-13-25-17/h3-10,17H,1-2,11-13H2,(H2,22,23,24). The van der Waals surface area contributed by atoms with E-state index >= 15 is 0 Å². The molecule has 0 aromatic heterocycles. The second-order valence-electron chi connectivity index (χ2n) is 6.07. The molecule has 1 aliphatic heterocycles. The van der Waals surface area contributed by atoms with Crippen molar-refractivity contribution in [2.24, 2.45) is 0 Å². The van der Waals surface area contributed by atoms with Crippen molar-refractivity contribution in [3.63, 3.8) is 0 Å². The van der Waals surface area contributed by atoms with Crippen molar-refractivity contribution >= 4 is 11.7 Å². The van der Waals surface area contributed by atoms with Gasteiger partial charge in [0.05, 0.1) is 17.7 Å². The first-order valence-corrected chi connectivity index (χ1v) is 8.67. The van der Waals surface area contributed by atoms with Crippen LogP contribution < -0.4 is 15.4 Å². The van der Waals surface area contributed by atoms with Crippen LogP contribution >= 0.6 is 0 Å². The van der Waals surface area contributed by atoms with Gasteiger partial charge in [-0.3, -0.25) is 0 Å². The summed E-state index contributed by atoms with van der Waals surface area (Å²) in [7, 11) is 0. The van der Waals surface area contributed by atoms with Crippen LogP contribution in [0.3, 0.4) is 0 Å². The number of nitrogens with zero attached hydrogens (tertiary/aromatic N) is 1. The molecular formula is C20H21N3O3. The summed E-state index contributed by atoms with van der Waals surface area (Å²) in [5.74, 6) is 1.30. The minimum atomic E-state index is -0.233. The van der Waals surface area contributed by atoms with Crippen molar-refractivity contribution < 1.29 is 14.3 Å². The topological polar surface area (TPSA) is 83.4 Å². The maximum Gasteiger partial charge on any atom is 0.319 e. The Morgan fingerprint density at radius 3 is 2.46 bits per heavy atom. The molecule has 2 aromatic carbocycles. The molecule has 1 atom stereocenters. The van der Waals surface area contributed by atoms with E-state index in [-0.39, 0.29) is 12.1 Å². The van der Waals surface area contributed by atoms with Gasteiger partial charge in [0.15, 0.2) is 0 Å². The highest BCUT2D eigenvalue weighted by Gasteiger charge is 2.15. The maximum atomic E-state index is 11.9. The van der Waals surface area contributed by atoms with E-state index in [1.54, 1.807) is 48.5 Å². The number of ether oxygens (including phenoxy) is 2. The normalized spacial score (nSPS) is 15.9. The van der Waals surface area contributed by atoms with E-state index < -0.39 is 0 Å². The Hall–Kier alpha value is -3.04. The lowest BCUT2D eigenvalue weighted by Gasteiger charge is -2.11. The molecule has 134 valence electrons. The number of rotatable bonds is 6. The Balaban J connectivity index is 1.44. The first-order chi connectivity index (χ1) is 12.7. The number of amides is 2. The molecule has 2 amide bonds.